The summed E-state index contributed by atoms with van der Waals surface area (Å²) in [5, 5.41) is 0. The molecule has 0 saturated heterocycles. The van der Waals surface area contributed by atoms with Gasteiger partial charge in [0, 0.05) is 24.5 Å². The lowest BCUT2D eigenvalue weighted by molar-refractivity contribution is 0.0740. The van der Waals surface area contributed by atoms with Gasteiger partial charge in [-0.05, 0) is 30.5 Å². The van der Waals surface area contributed by atoms with Gasteiger partial charge in [0.15, 0.2) is 11.5 Å². The van der Waals surface area contributed by atoms with E-state index >= 15 is 0 Å². The lowest BCUT2D eigenvalue weighted by Gasteiger charge is -2.28. The zero-order valence-corrected chi connectivity index (χ0v) is 10.7. The average Bonchev–Trinajstić information content (AvgIpc) is 2.83. The zero-order chi connectivity index (χ0) is 12.5. The van der Waals surface area contributed by atoms with E-state index in [9.17, 15) is 4.79 Å². The van der Waals surface area contributed by atoms with Crippen LogP contribution in [0.5, 0.6) is 11.5 Å². The summed E-state index contributed by atoms with van der Waals surface area (Å²) in [4.78, 5) is 14.2. The summed E-state index contributed by atoms with van der Waals surface area (Å²) in [6, 6.07) is 3.72. The molecule has 18 heavy (non-hydrogen) atoms. The van der Waals surface area contributed by atoms with Crippen molar-refractivity contribution in [2.45, 2.75) is 12.8 Å². The number of carbonyl (C=O) groups excluding carboxylic acids is 1. The Kier molecular flexibility index (Phi) is 3.04. The molecular weight excluding hydrogens is 254 g/mol. The Morgan fingerprint density at radius 2 is 2.06 bits per heavy atom. The largest absolute Gasteiger partial charge is 0.454 e. The zero-order valence-electron chi connectivity index (χ0n) is 9.95. The van der Waals surface area contributed by atoms with Crippen LogP contribution in [0, 0.1) is 0 Å². The molecule has 0 unspecified atom stereocenters. The highest BCUT2D eigenvalue weighted by Crippen LogP contribution is 2.36. The molecule has 0 radical (unpaired) electrons. The molecule has 0 aliphatic carbocycles. The van der Waals surface area contributed by atoms with Crippen LogP contribution in [0.3, 0.4) is 0 Å². The third-order valence-corrected chi connectivity index (χ3v) is 3.60. The van der Waals surface area contributed by atoms with Crippen LogP contribution in [0.1, 0.15) is 22.3 Å². The molecule has 5 heteroatoms. The maximum Gasteiger partial charge on any atom is 0.254 e. The molecule has 1 amide bonds. The van der Waals surface area contributed by atoms with Crippen LogP contribution >= 0.6 is 11.6 Å². The number of alkyl halides is 1. The minimum atomic E-state index is 0.0691. The molecule has 4 nitrogen and oxygen atoms in total. The van der Waals surface area contributed by atoms with E-state index < -0.39 is 0 Å². The van der Waals surface area contributed by atoms with Gasteiger partial charge in [-0.3, -0.25) is 4.79 Å². The molecule has 0 saturated carbocycles. The predicted octanol–water partition coefficient (Wildman–Crippen LogP) is 2.04. The van der Waals surface area contributed by atoms with Gasteiger partial charge in [0.2, 0.25) is 6.79 Å². The van der Waals surface area contributed by atoms with Crippen molar-refractivity contribution < 1.29 is 14.3 Å². The van der Waals surface area contributed by atoms with Gasteiger partial charge in [-0.2, -0.15) is 0 Å². The van der Waals surface area contributed by atoms with Crippen molar-refractivity contribution in [2.75, 3.05) is 25.8 Å². The Bertz CT molecular complexity index is 489. The van der Waals surface area contributed by atoms with E-state index in [4.69, 9.17) is 21.1 Å². The lowest BCUT2D eigenvalue weighted by atomic mass is 9.98. The molecule has 2 aliphatic heterocycles. The number of halogens is 1. The maximum atomic E-state index is 12.3. The molecular formula is C13H14ClNO3. The summed E-state index contributed by atoms with van der Waals surface area (Å²) in [5.74, 6) is 2.06. The van der Waals surface area contributed by atoms with E-state index in [1.807, 2.05) is 11.0 Å². The van der Waals surface area contributed by atoms with Gasteiger partial charge >= 0.3 is 0 Å². The standard InChI is InChI=1S/C13H14ClNO3/c14-3-1-4-15-5-2-9-6-11-12(18-8-17-11)7-10(9)13(15)16/h6-7H,1-5,8H2. The summed E-state index contributed by atoms with van der Waals surface area (Å²) >= 11 is 5.67. The number of amides is 1. The number of benzene rings is 1. The number of ether oxygens (including phenoxy) is 2. The fraction of sp³-hybridized carbons (Fsp3) is 0.462. The number of nitrogens with zero attached hydrogens (tertiary/aromatic N) is 1. The third-order valence-electron chi connectivity index (χ3n) is 3.33. The molecule has 0 atom stereocenters. The summed E-state index contributed by atoms with van der Waals surface area (Å²) in [6.07, 6.45) is 1.69. The highest BCUT2D eigenvalue weighted by molar-refractivity contribution is 6.17. The highest BCUT2D eigenvalue weighted by Gasteiger charge is 2.27. The smallest absolute Gasteiger partial charge is 0.254 e. The predicted molar refractivity (Wildman–Crippen MR) is 67.5 cm³/mol. The van der Waals surface area contributed by atoms with Crippen molar-refractivity contribution in [3.63, 3.8) is 0 Å². The second-order valence-corrected chi connectivity index (χ2v) is 4.83. The second-order valence-electron chi connectivity index (χ2n) is 4.45. The quantitative estimate of drug-likeness (QED) is 0.787. The molecule has 0 fully saturated rings. The van der Waals surface area contributed by atoms with Crippen LogP contribution in [0.25, 0.3) is 0 Å². The molecule has 1 aromatic carbocycles. The van der Waals surface area contributed by atoms with Crippen molar-refractivity contribution in [1.29, 1.82) is 0 Å². The molecule has 1 aromatic rings. The fourth-order valence-corrected chi connectivity index (χ4v) is 2.50. The molecule has 2 heterocycles. The SMILES string of the molecule is O=C1c2cc3c(cc2CCN1CCCCl)OCO3. The van der Waals surface area contributed by atoms with E-state index in [1.54, 1.807) is 6.07 Å². The molecule has 96 valence electrons. The number of hydrogen-bond donors (Lipinski definition) is 0. The maximum absolute atomic E-state index is 12.3. The number of rotatable bonds is 3. The Labute approximate surface area is 110 Å². The first-order valence-corrected chi connectivity index (χ1v) is 6.61. The fourth-order valence-electron chi connectivity index (χ4n) is 2.38. The van der Waals surface area contributed by atoms with Crippen molar-refractivity contribution in [2.24, 2.45) is 0 Å². The Morgan fingerprint density at radius 1 is 1.28 bits per heavy atom. The van der Waals surface area contributed by atoms with Crippen molar-refractivity contribution >= 4 is 17.5 Å². The summed E-state index contributed by atoms with van der Waals surface area (Å²) in [5.41, 5.74) is 1.78. The third kappa shape index (κ3) is 1.90. The molecule has 3 rings (SSSR count). The molecule has 0 spiro atoms. The Balaban J connectivity index is 1.88. The molecule has 0 aromatic heterocycles. The normalized spacial score (nSPS) is 16.9. The number of fused-ring (bicyclic) bond motifs is 2. The van der Waals surface area contributed by atoms with Crippen molar-refractivity contribution in [1.82, 2.24) is 4.90 Å². The summed E-state index contributed by atoms with van der Waals surface area (Å²) in [6.45, 7) is 1.71. The minimum Gasteiger partial charge on any atom is -0.454 e. The highest BCUT2D eigenvalue weighted by atomic mass is 35.5. The van der Waals surface area contributed by atoms with E-state index in [0.29, 0.717) is 11.6 Å². The van der Waals surface area contributed by atoms with E-state index in [-0.39, 0.29) is 12.7 Å². The lowest BCUT2D eigenvalue weighted by Crippen LogP contribution is -2.38. The van der Waals surface area contributed by atoms with Crippen LogP contribution in [-0.4, -0.2) is 36.6 Å². The number of carbonyl (C=O) groups is 1. The van der Waals surface area contributed by atoms with Gasteiger partial charge in [-0.1, -0.05) is 0 Å². The topological polar surface area (TPSA) is 38.8 Å². The minimum absolute atomic E-state index is 0.0691. The van der Waals surface area contributed by atoms with Crippen LogP contribution in [-0.2, 0) is 6.42 Å². The van der Waals surface area contributed by atoms with Gasteiger partial charge in [-0.15, -0.1) is 11.6 Å². The average molecular weight is 268 g/mol. The summed E-state index contributed by atoms with van der Waals surface area (Å²) in [7, 11) is 0. The van der Waals surface area contributed by atoms with Gasteiger partial charge in [0.25, 0.3) is 5.91 Å². The van der Waals surface area contributed by atoms with E-state index in [1.165, 1.54) is 0 Å². The number of hydrogen-bond acceptors (Lipinski definition) is 3. The van der Waals surface area contributed by atoms with Crippen molar-refractivity contribution in [3.8, 4) is 11.5 Å². The van der Waals surface area contributed by atoms with Crippen LogP contribution in [0.2, 0.25) is 0 Å². The van der Waals surface area contributed by atoms with Gasteiger partial charge in [0.1, 0.15) is 0 Å². The van der Waals surface area contributed by atoms with E-state index in [0.717, 1.165) is 42.8 Å². The first-order valence-electron chi connectivity index (χ1n) is 6.07. The van der Waals surface area contributed by atoms with Crippen molar-refractivity contribution in [3.05, 3.63) is 23.3 Å². The first-order chi connectivity index (χ1) is 8.79. The van der Waals surface area contributed by atoms with Crippen LogP contribution in [0.15, 0.2) is 12.1 Å². The van der Waals surface area contributed by atoms with Gasteiger partial charge in [0.05, 0.1) is 0 Å². The van der Waals surface area contributed by atoms with Gasteiger partial charge < -0.3 is 14.4 Å². The molecule has 0 N–H and O–H groups in total. The first kappa shape index (κ1) is 11.7. The Morgan fingerprint density at radius 3 is 2.83 bits per heavy atom. The Hall–Kier alpha value is -1.42. The monoisotopic (exact) mass is 267 g/mol. The van der Waals surface area contributed by atoms with E-state index in [2.05, 4.69) is 0 Å². The molecule has 0 bridgehead atoms. The van der Waals surface area contributed by atoms with Crippen LogP contribution in [0.4, 0.5) is 0 Å². The second kappa shape index (κ2) is 4.69. The summed E-state index contributed by atoms with van der Waals surface area (Å²) < 4.78 is 10.6. The molecule has 2 aliphatic rings. The van der Waals surface area contributed by atoms with Crippen LogP contribution < -0.4 is 9.47 Å². The van der Waals surface area contributed by atoms with Gasteiger partial charge in [-0.25, -0.2) is 0 Å².